The van der Waals surface area contributed by atoms with Gasteiger partial charge in [-0.3, -0.25) is 4.79 Å². The van der Waals surface area contributed by atoms with Crippen molar-refractivity contribution in [1.82, 2.24) is 9.21 Å². The Bertz CT molecular complexity index is 743. The summed E-state index contributed by atoms with van der Waals surface area (Å²) in [7, 11) is -0.202. The van der Waals surface area contributed by atoms with E-state index in [4.69, 9.17) is 4.74 Å². The number of nitrogens with zero attached hydrogens (tertiary/aromatic N) is 2. The lowest BCUT2D eigenvalue weighted by Gasteiger charge is -2.35. The molecule has 2 unspecified atom stereocenters. The van der Waals surface area contributed by atoms with E-state index in [9.17, 15) is 13.2 Å². The van der Waals surface area contributed by atoms with Crippen LogP contribution >= 0.6 is 0 Å². The quantitative estimate of drug-likeness (QED) is 0.760. The molecule has 3 rings (SSSR count). The van der Waals surface area contributed by atoms with E-state index in [-0.39, 0.29) is 29.3 Å². The summed E-state index contributed by atoms with van der Waals surface area (Å²) >= 11 is 0. The van der Waals surface area contributed by atoms with Gasteiger partial charge in [-0.15, -0.1) is 0 Å². The minimum absolute atomic E-state index is 0.0685. The van der Waals surface area contributed by atoms with E-state index < -0.39 is 10.0 Å². The van der Waals surface area contributed by atoms with Crippen molar-refractivity contribution >= 4 is 15.9 Å². The first-order valence-electron chi connectivity index (χ1n) is 9.25. The predicted molar refractivity (Wildman–Crippen MR) is 99.4 cm³/mol. The van der Waals surface area contributed by atoms with Gasteiger partial charge >= 0.3 is 0 Å². The van der Waals surface area contributed by atoms with Gasteiger partial charge < -0.3 is 9.64 Å². The molecule has 144 valence electrons. The Kier molecular flexibility index (Phi) is 5.58. The van der Waals surface area contributed by atoms with Gasteiger partial charge in [0.05, 0.1) is 17.9 Å². The molecular weight excluding hydrogens is 352 g/mol. The number of hydrogen-bond acceptors (Lipinski definition) is 4. The third kappa shape index (κ3) is 3.88. The van der Waals surface area contributed by atoms with Crippen molar-refractivity contribution in [3.05, 3.63) is 24.3 Å². The van der Waals surface area contributed by atoms with E-state index in [0.717, 1.165) is 6.42 Å². The zero-order valence-corrected chi connectivity index (χ0v) is 16.5. The van der Waals surface area contributed by atoms with E-state index in [1.807, 2.05) is 11.9 Å². The second-order valence-corrected chi connectivity index (χ2v) is 9.34. The van der Waals surface area contributed by atoms with Crippen LogP contribution in [-0.2, 0) is 14.8 Å². The first-order valence-corrected chi connectivity index (χ1v) is 10.7. The van der Waals surface area contributed by atoms with Gasteiger partial charge in [-0.2, -0.15) is 4.31 Å². The molecule has 1 heterocycles. The lowest BCUT2D eigenvalue weighted by atomic mass is 9.97. The number of carbonyl (C=O) groups is 1. The van der Waals surface area contributed by atoms with Crippen LogP contribution in [0.25, 0.3) is 0 Å². The van der Waals surface area contributed by atoms with Gasteiger partial charge in [0.1, 0.15) is 5.75 Å². The van der Waals surface area contributed by atoms with Crippen LogP contribution in [0.1, 0.15) is 32.6 Å². The number of rotatable bonds is 6. The molecule has 6 nitrogen and oxygen atoms in total. The number of piperidine rings is 1. The number of hydrogen-bond donors (Lipinski definition) is 0. The number of amides is 1. The standard InChI is InChI=1S/C19H28N2O4S/c1-14(15-6-7-15)20(2)19(22)16-5-4-12-21(13-16)26(23,24)18-10-8-17(25-3)9-11-18/h8-11,14-16H,4-7,12-13H2,1-3H3. The molecule has 1 aliphatic carbocycles. The maximum absolute atomic E-state index is 12.9. The van der Waals surface area contributed by atoms with E-state index in [1.54, 1.807) is 31.4 Å². The average Bonchev–Trinajstić information content (AvgIpc) is 3.51. The second kappa shape index (κ2) is 7.56. The van der Waals surface area contributed by atoms with Crippen LogP contribution in [0.4, 0.5) is 0 Å². The number of sulfonamides is 1. The first kappa shape index (κ1) is 19.2. The second-order valence-electron chi connectivity index (χ2n) is 7.40. The van der Waals surface area contributed by atoms with Gasteiger partial charge in [-0.05, 0) is 62.8 Å². The van der Waals surface area contributed by atoms with Crippen LogP contribution in [0.3, 0.4) is 0 Å². The summed E-state index contributed by atoms with van der Waals surface area (Å²) in [5.74, 6) is 1.03. The normalized spacial score (nSPS) is 22.7. The fourth-order valence-corrected chi connectivity index (χ4v) is 5.17. The van der Waals surface area contributed by atoms with Gasteiger partial charge in [0.15, 0.2) is 0 Å². The molecule has 0 aromatic heterocycles. The Morgan fingerprint density at radius 1 is 1.23 bits per heavy atom. The van der Waals surface area contributed by atoms with Crippen molar-refractivity contribution in [2.45, 2.75) is 43.5 Å². The Morgan fingerprint density at radius 3 is 2.46 bits per heavy atom. The largest absolute Gasteiger partial charge is 0.497 e. The number of benzene rings is 1. The van der Waals surface area contributed by atoms with Gasteiger partial charge in [0.25, 0.3) is 0 Å². The molecule has 1 amide bonds. The summed E-state index contributed by atoms with van der Waals surface area (Å²) in [6, 6.07) is 6.63. The van der Waals surface area contributed by atoms with Crippen molar-refractivity contribution in [2.24, 2.45) is 11.8 Å². The summed E-state index contributed by atoms with van der Waals surface area (Å²) in [5.41, 5.74) is 0. The molecule has 1 aliphatic heterocycles. The predicted octanol–water partition coefficient (Wildman–Crippen LogP) is 2.35. The number of methoxy groups -OCH3 is 1. The van der Waals surface area contributed by atoms with Crippen molar-refractivity contribution in [3.8, 4) is 5.75 Å². The molecule has 1 saturated carbocycles. The van der Waals surface area contributed by atoms with Gasteiger partial charge in [-0.1, -0.05) is 0 Å². The maximum atomic E-state index is 12.9. The molecule has 0 spiro atoms. The van der Waals surface area contributed by atoms with Crippen molar-refractivity contribution in [2.75, 3.05) is 27.2 Å². The van der Waals surface area contributed by atoms with Crippen LogP contribution in [0.2, 0.25) is 0 Å². The van der Waals surface area contributed by atoms with Crippen LogP contribution in [0.15, 0.2) is 29.2 Å². The molecule has 2 aliphatic rings. The van der Waals surface area contributed by atoms with Crippen LogP contribution in [0, 0.1) is 11.8 Å². The average molecular weight is 381 g/mol. The SMILES string of the molecule is COc1ccc(S(=O)(=O)N2CCCC(C(=O)N(C)C(C)C3CC3)C2)cc1. The molecule has 26 heavy (non-hydrogen) atoms. The fourth-order valence-electron chi connectivity index (χ4n) is 3.64. The van der Waals surface area contributed by atoms with Gasteiger partial charge in [0.2, 0.25) is 15.9 Å². The number of carbonyl (C=O) groups excluding carboxylic acids is 1. The summed E-state index contributed by atoms with van der Waals surface area (Å²) < 4.78 is 32.4. The molecule has 0 bridgehead atoms. The van der Waals surface area contributed by atoms with Crippen LogP contribution in [0.5, 0.6) is 5.75 Å². The Balaban J connectivity index is 1.71. The minimum atomic E-state index is -3.60. The highest BCUT2D eigenvalue weighted by molar-refractivity contribution is 7.89. The molecule has 1 aromatic carbocycles. The lowest BCUT2D eigenvalue weighted by Crippen LogP contribution is -2.48. The molecular formula is C19H28N2O4S. The highest BCUT2D eigenvalue weighted by Crippen LogP contribution is 2.35. The molecule has 1 saturated heterocycles. The molecule has 2 fully saturated rings. The monoisotopic (exact) mass is 380 g/mol. The molecule has 1 aromatic rings. The highest BCUT2D eigenvalue weighted by Gasteiger charge is 2.38. The Hall–Kier alpha value is -1.60. The highest BCUT2D eigenvalue weighted by atomic mass is 32.2. The molecule has 0 N–H and O–H groups in total. The zero-order valence-electron chi connectivity index (χ0n) is 15.7. The third-order valence-corrected chi connectivity index (χ3v) is 7.57. The molecule has 7 heteroatoms. The summed E-state index contributed by atoms with van der Waals surface area (Å²) in [6.45, 7) is 2.80. The van der Waals surface area contributed by atoms with E-state index in [0.29, 0.717) is 24.6 Å². The lowest BCUT2D eigenvalue weighted by molar-refractivity contribution is -0.137. The van der Waals surface area contributed by atoms with Crippen LogP contribution in [-0.4, -0.2) is 56.8 Å². The van der Waals surface area contributed by atoms with E-state index in [2.05, 4.69) is 6.92 Å². The third-order valence-electron chi connectivity index (χ3n) is 5.69. The summed E-state index contributed by atoms with van der Waals surface area (Å²) in [6.07, 6.45) is 3.81. The minimum Gasteiger partial charge on any atom is -0.497 e. The summed E-state index contributed by atoms with van der Waals surface area (Å²) in [5, 5.41) is 0. The van der Waals surface area contributed by atoms with Gasteiger partial charge in [0, 0.05) is 26.2 Å². The smallest absolute Gasteiger partial charge is 0.243 e. The van der Waals surface area contributed by atoms with E-state index in [1.165, 1.54) is 17.1 Å². The van der Waals surface area contributed by atoms with Crippen molar-refractivity contribution in [3.63, 3.8) is 0 Å². The number of ether oxygens (including phenoxy) is 1. The Morgan fingerprint density at radius 2 is 1.88 bits per heavy atom. The Labute approximate surface area is 156 Å². The van der Waals surface area contributed by atoms with E-state index >= 15 is 0 Å². The fraction of sp³-hybridized carbons (Fsp3) is 0.632. The first-order chi connectivity index (χ1) is 12.3. The zero-order chi connectivity index (χ0) is 18.9. The maximum Gasteiger partial charge on any atom is 0.243 e. The molecule has 0 radical (unpaired) electrons. The molecule has 2 atom stereocenters. The van der Waals surface area contributed by atoms with Crippen LogP contribution < -0.4 is 4.74 Å². The van der Waals surface area contributed by atoms with Gasteiger partial charge in [-0.25, -0.2) is 8.42 Å². The van der Waals surface area contributed by atoms with Crippen molar-refractivity contribution in [1.29, 1.82) is 0 Å². The topological polar surface area (TPSA) is 66.9 Å². The summed E-state index contributed by atoms with van der Waals surface area (Å²) in [4.78, 5) is 14.9. The van der Waals surface area contributed by atoms with Crippen molar-refractivity contribution < 1.29 is 17.9 Å².